The largest absolute Gasteiger partial charge is 0.438 e. The summed E-state index contributed by atoms with van der Waals surface area (Å²) in [5, 5.41) is 12.8. The minimum absolute atomic E-state index is 0.193. The number of hydrogen-bond acceptors (Lipinski definition) is 4. The van der Waals surface area contributed by atoms with Gasteiger partial charge in [0.1, 0.15) is 0 Å². The van der Waals surface area contributed by atoms with Crippen molar-refractivity contribution >= 4 is 17.7 Å². The van der Waals surface area contributed by atoms with Crippen LogP contribution in [0.15, 0.2) is 24.3 Å². The number of carbonyl (C=O) groups excluding carboxylic acids is 2. The normalized spacial score (nSPS) is 26.0. The van der Waals surface area contributed by atoms with E-state index >= 15 is 0 Å². The van der Waals surface area contributed by atoms with Crippen LogP contribution in [-0.2, 0) is 15.7 Å². The van der Waals surface area contributed by atoms with Crippen LogP contribution < -0.4 is 5.32 Å². The van der Waals surface area contributed by atoms with Crippen molar-refractivity contribution in [3.8, 4) is 0 Å². The predicted molar refractivity (Wildman–Crippen MR) is 87.2 cm³/mol. The molecule has 0 radical (unpaired) electrons. The van der Waals surface area contributed by atoms with Crippen molar-refractivity contribution in [3.63, 3.8) is 0 Å². The van der Waals surface area contributed by atoms with Gasteiger partial charge >= 0.3 is 12.3 Å². The van der Waals surface area contributed by atoms with Crippen LogP contribution in [0.2, 0.25) is 0 Å². The van der Waals surface area contributed by atoms with Crippen LogP contribution in [0.5, 0.6) is 0 Å². The zero-order valence-corrected chi connectivity index (χ0v) is 14.7. The molecule has 1 aromatic rings. The molecule has 1 saturated heterocycles. The highest BCUT2D eigenvalue weighted by Crippen LogP contribution is 2.39. The van der Waals surface area contributed by atoms with Crippen LogP contribution in [0, 0.1) is 0 Å². The molecule has 0 bridgehead atoms. The number of ether oxygens (including phenoxy) is 1. The lowest BCUT2D eigenvalue weighted by Gasteiger charge is -2.36. The highest BCUT2D eigenvalue weighted by atomic mass is 19.4. The zero-order chi connectivity index (χ0) is 19.8. The predicted octanol–water partition coefficient (Wildman–Crippen LogP) is 3.36. The van der Waals surface area contributed by atoms with Gasteiger partial charge in [0.25, 0.3) is 0 Å². The van der Waals surface area contributed by atoms with E-state index in [-0.39, 0.29) is 18.7 Å². The third-order valence-corrected chi connectivity index (χ3v) is 4.80. The number of amides is 2. The summed E-state index contributed by atoms with van der Waals surface area (Å²) in [5.41, 5.74) is -4.09. The lowest BCUT2D eigenvalue weighted by molar-refractivity contribution is -0.139. The van der Waals surface area contributed by atoms with Crippen molar-refractivity contribution in [2.24, 2.45) is 0 Å². The Morgan fingerprint density at radius 1 is 1.31 bits per heavy atom. The minimum Gasteiger partial charge on any atom is -0.438 e. The summed E-state index contributed by atoms with van der Waals surface area (Å²) in [6, 6.07) is 4.61. The Kier molecular flexibility index (Phi) is 5.23. The van der Waals surface area contributed by atoms with E-state index in [2.05, 4.69) is 5.32 Å². The van der Waals surface area contributed by atoms with Gasteiger partial charge in [0, 0.05) is 13.0 Å². The standard InChI is InChI=1S/C17H21F3N2O4/c1-4-15(2)16(3,25)22(14(24)26-15)10-9-13(23)21-12-8-6-5-7-11(12)17(18,19)20/h5-8,25H,4,9-10H2,1-3H3,(H,21,23)/t15-,16+/m1/s1. The Bertz CT molecular complexity index is 705. The highest BCUT2D eigenvalue weighted by molar-refractivity contribution is 5.92. The van der Waals surface area contributed by atoms with E-state index in [1.165, 1.54) is 19.1 Å². The summed E-state index contributed by atoms with van der Waals surface area (Å²) in [4.78, 5) is 25.0. The number of anilines is 1. The summed E-state index contributed by atoms with van der Waals surface area (Å²) in [5.74, 6) is -0.713. The molecule has 0 spiro atoms. The first kappa shape index (κ1) is 20.0. The first-order chi connectivity index (χ1) is 11.9. The molecular formula is C17H21F3N2O4. The topological polar surface area (TPSA) is 78.9 Å². The molecule has 0 aromatic heterocycles. The van der Waals surface area contributed by atoms with Gasteiger partial charge in [-0.1, -0.05) is 19.1 Å². The van der Waals surface area contributed by atoms with Gasteiger partial charge in [0.15, 0.2) is 11.3 Å². The molecule has 26 heavy (non-hydrogen) atoms. The summed E-state index contributed by atoms with van der Waals surface area (Å²) in [6.45, 7) is 4.52. The van der Waals surface area contributed by atoms with Gasteiger partial charge in [-0.3, -0.25) is 9.69 Å². The molecule has 0 aliphatic carbocycles. The van der Waals surface area contributed by atoms with Crippen LogP contribution in [-0.4, -0.2) is 39.9 Å². The van der Waals surface area contributed by atoms with Crippen molar-refractivity contribution in [1.82, 2.24) is 4.90 Å². The van der Waals surface area contributed by atoms with E-state index in [9.17, 15) is 27.9 Å². The third-order valence-electron chi connectivity index (χ3n) is 4.80. The van der Waals surface area contributed by atoms with Gasteiger partial charge < -0.3 is 15.2 Å². The minimum atomic E-state index is -4.60. The number of nitrogens with zero attached hydrogens (tertiary/aromatic N) is 1. The van der Waals surface area contributed by atoms with Gasteiger partial charge in [0.05, 0.1) is 11.3 Å². The lowest BCUT2D eigenvalue weighted by atomic mass is 9.91. The lowest BCUT2D eigenvalue weighted by Crippen LogP contribution is -2.55. The van der Waals surface area contributed by atoms with Gasteiger partial charge in [-0.15, -0.1) is 0 Å². The van der Waals surface area contributed by atoms with Crippen molar-refractivity contribution in [1.29, 1.82) is 0 Å². The number of halogens is 3. The Morgan fingerprint density at radius 3 is 2.46 bits per heavy atom. The molecule has 144 valence electrons. The molecular weight excluding hydrogens is 353 g/mol. The highest BCUT2D eigenvalue weighted by Gasteiger charge is 2.58. The molecule has 1 aliphatic rings. The van der Waals surface area contributed by atoms with Crippen molar-refractivity contribution in [2.45, 2.75) is 51.1 Å². The Morgan fingerprint density at radius 2 is 1.92 bits per heavy atom. The number of nitrogens with one attached hydrogen (secondary N) is 1. The first-order valence-electron chi connectivity index (χ1n) is 8.11. The summed E-state index contributed by atoms with van der Waals surface area (Å²) >= 11 is 0. The molecule has 0 saturated carbocycles. The van der Waals surface area contributed by atoms with Crippen LogP contribution in [0.25, 0.3) is 0 Å². The van der Waals surface area contributed by atoms with Crippen molar-refractivity contribution in [2.75, 3.05) is 11.9 Å². The smallest absolute Gasteiger partial charge is 0.418 e. The molecule has 1 fully saturated rings. The van der Waals surface area contributed by atoms with E-state index in [1.807, 2.05) is 0 Å². The summed E-state index contributed by atoms with van der Waals surface area (Å²) in [6.07, 6.45) is -5.32. The second-order valence-corrected chi connectivity index (χ2v) is 6.47. The van der Waals surface area contributed by atoms with Gasteiger partial charge in [-0.05, 0) is 32.4 Å². The average molecular weight is 374 g/mol. The zero-order valence-electron chi connectivity index (χ0n) is 14.7. The van der Waals surface area contributed by atoms with Crippen LogP contribution in [0.1, 0.15) is 39.2 Å². The fourth-order valence-electron chi connectivity index (χ4n) is 2.79. The van der Waals surface area contributed by atoms with Gasteiger partial charge in [-0.25, -0.2) is 4.79 Å². The maximum absolute atomic E-state index is 13.0. The molecule has 0 unspecified atom stereocenters. The number of rotatable bonds is 5. The maximum Gasteiger partial charge on any atom is 0.418 e. The number of hydrogen-bond donors (Lipinski definition) is 2. The van der Waals surface area contributed by atoms with Crippen LogP contribution in [0.4, 0.5) is 23.7 Å². The summed E-state index contributed by atoms with van der Waals surface area (Å²) in [7, 11) is 0. The van der Waals surface area contributed by atoms with Crippen LogP contribution in [0.3, 0.4) is 0 Å². The van der Waals surface area contributed by atoms with E-state index < -0.39 is 35.1 Å². The fourth-order valence-corrected chi connectivity index (χ4v) is 2.79. The molecule has 2 amide bonds. The second-order valence-electron chi connectivity index (χ2n) is 6.47. The van der Waals surface area contributed by atoms with E-state index in [1.54, 1.807) is 13.8 Å². The fraction of sp³-hybridized carbons (Fsp3) is 0.529. The Hall–Kier alpha value is -2.29. The summed E-state index contributed by atoms with van der Waals surface area (Å²) < 4.78 is 44.1. The molecule has 2 N–H and O–H groups in total. The molecule has 1 aromatic carbocycles. The number of para-hydroxylation sites is 1. The van der Waals surface area contributed by atoms with Crippen molar-refractivity contribution in [3.05, 3.63) is 29.8 Å². The average Bonchev–Trinajstić information content (AvgIpc) is 2.70. The molecule has 9 heteroatoms. The molecule has 2 rings (SSSR count). The number of aliphatic hydroxyl groups is 1. The Labute approximate surface area is 148 Å². The third kappa shape index (κ3) is 3.62. The van der Waals surface area contributed by atoms with Gasteiger partial charge in [0.2, 0.25) is 5.91 Å². The Balaban J connectivity index is 2.06. The molecule has 1 heterocycles. The van der Waals surface area contributed by atoms with Gasteiger partial charge in [-0.2, -0.15) is 13.2 Å². The second kappa shape index (κ2) is 6.79. The van der Waals surface area contributed by atoms with Crippen molar-refractivity contribution < 1.29 is 32.6 Å². The van der Waals surface area contributed by atoms with E-state index in [0.717, 1.165) is 17.0 Å². The number of benzene rings is 1. The molecule has 6 nitrogen and oxygen atoms in total. The number of cyclic esters (lactones) is 1. The number of alkyl halides is 3. The molecule has 1 aliphatic heterocycles. The quantitative estimate of drug-likeness (QED) is 0.828. The monoisotopic (exact) mass is 374 g/mol. The van der Waals surface area contributed by atoms with E-state index in [0.29, 0.717) is 6.42 Å². The first-order valence-corrected chi connectivity index (χ1v) is 8.11. The number of carbonyl (C=O) groups is 2. The SMILES string of the molecule is CC[C@@]1(C)OC(=O)N(CCC(=O)Nc2ccccc2C(F)(F)F)[C@@]1(C)O. The van der Waals surface area contributed by atoms with Crippen LogP contribution >= 0.6 is 0 Å². The maximum atomic E-state index is 13.0. The molecule has 2 atom stereocenters. The van der Waals surface area contributed by atoms with E-state index in [4.69, 9.17) is 4.74 Å².